The van der Waals surface area contributed by atoms with Crippen molar-refractivity contribution in [2.75, 3.05) is 25.2 Å². The highest BCUT2D eigenvalue weighted by molar-refractivity contribution is 6.24. The summed E-state index contributed by atoms with van der Waals surface area (Å²) in [5, 5.41) is 9.42. The van der Waals surface area contributed by atoms with Crippen LogP contribution in [0.4, 0.5) is 5.69 Å². The number of imide groups is 2. The first-order valence-corrected chi connectivity index (χ1v) is 13.1. The number of ether oxygens (including phenoxy) is 1. The van der Waals surface area contributed by atoms with Gasteiger partial charge in [-0.25, -0.2) is 4.90 Å². The van der Waals surface area contributed by atoms with E-state index < -0.39 is 29.1 Å². The van der Waals surface area contributed by atoms with Gasteiger partial charge in [0.25, 0.3) is 0 Å². The minimum Gasteiger partial charge on any atom is -0.491 e. The molecule has 1 N–H and O–H groups in total. The normalized spacial score (nSPS) is 32.2. The van der Waals surface area contributed by atoms with E-state index in [9.17, 15) is 24.3 Å². The van der Waals surface area contributed by atoms with Crippen molar-refractivity contribution in [3.63, 3.8) is 0 Å². The topological polar surface area (TPSA) is 104 Å². The predicted octanol–water partition coefficient (Wildman–Crippen LogP) is 2.92. The molecule has 196 valence electrons. The molecule has 3 fully saturated rings. The third-order valence-electron chi connectivity index (χ3n) is 9.09. The van der Waals surface area contributed by atoms with Gasteiger partial charge in [0, 0.05) is 18.5 Å². The molecule has 4 aliphatic rings. The quantitative estimate of drug-likeness (QED) is 0.486. The first kappa shape index (κ1) is 24.6. The number of rotatable bonds is 5. The second kappa shape index (κ2) is 8.91. The summed E-state index contributed by atoms with van der Waals surface area (Å²) in [6, 6.07) is 16.3. The monoisotopic (exact) mass is 514 g/mol. The van der Waals surface area contributed by atoms with Gasteiger partial charge in [0.2, 0.25) is 23.6 Å². The van der Waals surface area contributed by atoms with Crippen LogP contribution in [0, 0.1) is 29.1 Å². The fraction of sp³-hybridized carbons (Fsp3) is 0.400. The molecule has 0 spiro atoms. The number of benzene rings is 2. The summed E-state index contributed by atoms with van der Waals surface area (Å²) in [4.78, 5) is 57.1. The van der Waals surface area contributed by atoms with Crippen molar-refractivity contribution < 1.29 is 29.0 Å². The number of hydrogen-bond donors (Lipinski definition) is 1. The Labute approximate surface area is 220 Å². The Bertz CT molecular complexity index is 1370. The second-order valence-electron chi connectivity index (χ2n) is 10.8. The number of aliphatic hydroxyl groups is 1. The SMILES string of the molecule is CN1C(=O)C2CC=C3C(CC4C(=O)N(c5ccccc5)C(=O)C4(C)C3c3ccccc3OCCO)C2C1=O. The molecule has 4 amide bonds. The molecule has 6 atom stereocenters. The lowest BCUT2D eigenvalue weighted by atomic mass is 9.51. The fourth-order valence-electron chi connectivity index (χ4n) is 7.35. The lowest BCUT2D eigenvalue weighted by molar-refractivity contribution is -0.138. The van der Waals surface area contributed by atoms with E-state index >= 15 is 0 Å². The van der Waals surface area contributed by atoms with Gasteiger partial charge in [0.05, 0.1) is 35.5 Å². The number of hydrogen-bond acceptors (Lipinski definition) is 6. The van der Waals surface area contributed by atoms with Gasteiger partial charge in [0.1, 0.15) is 12.4 Å². The molecular weight excluding hydrogens is 484 g/mol. The molecule has 2 aromatic carbocycles. The average molecular weight is 515 g/mol. The molecule has 2 aliphatic carbocycles. The van der Waals surface area contributed by atoms with Crippen molar-refractivity contribution in [1.29, 1.82) is 0 Å². The molecule has 1 saturated carbocycles. The van der Waals surface area contributed by atoms with Gasteiger partial charge in [-0.1, -0.05) is 48.0 Å². The molecule has 0 aromatic heterocycles. The standard InChI is InChI=1S/C30H30N2O6/c1-30-22(27(35)32(29(30)37)17-8-4-3-5-9-17)16-21-18(12-13-20-24(21)28(36)31(2)26(20)34)25(30)19-10-6-7-11-23(19)38-15-14-33/h3-12,20-22,24-25,33H,13-16H2,1-2H3. The van der Waals surface area contributed by atoms with Gasteiger partial charge in [-0.05, 0) is 43.9 Å². The summed E-state index contributed by atoms with van der Waals surface area (Å²) in [6.07, 6.45) is 2.75. The van der Waals surface area contributed by atoms with Crippen LogP contribution in [0.25, 0.3) is 0 Å². The van der Waals surface area contributed by atoms with Crippen LogP contribution in [0.15, 0.2) is 66.2 Å². The van der Waals surface area contributed by atoms with Crippen molar-refractivity contribution in [1.82, 2.24) is 4.90 Å². The van der Waals surface area contributed by atoms with E-state index in [2.05, 4.69) is 0 Å². The zero-order chi connectivity index (χ0) is 26.8. The van der Waals surface area contributed by atoms with E-state index in [4.69, 9.17) is 4.74 Å². The van der Waals surface area contributed by atoms with Crippen molar-refractivity contribution in [3.05, 3.63) is 71.8 Å². The van der Waals surface area contributed by atoms with Crippen LogP contribution in [-0.4, -0.2) is 53.9 Å². The van der Waals surface area contributed by atoms with Crippen LogP contribution in [-0.2, 0) is 19.2 Å². The highest BCUT2D eigenvalue weighted by Gasteiger charge is 2.67. The zero-order valence-corrected chi connectivity index (χ0v) is 21.4. The largest absolute Gasteiger partial charge is 0.491 e. The Morgan fingerprint density at radius 3 is 2.39 bits per heavy atom. The molecule has 0 bridgehead atoms. The van der Waals surface area contributed by atoms with Gasteiger partial charge in [-0.3, -0.25) is 24.1 Å². The molecule has 8 heteroatoms. The number of carbonyl (C=O) groups is 4. The summed E-state index contributed by atoms with van der Waals surface area (Å²) in [5.41, 5.74) is 1.04. The molecule has 2 aromatic rings. The summed E-state index contributed by atoms with van der Waals surface area (Å²) >= 11 is 0. The molecular formula is C30H30N2O6. The number of aliphatic hydroxyl groups excluding tert-OH is 1. The number of fused-ring (bicyclic) bond motifs is 4. The third kappa shape index (κ3) is 3.26. The fourth-order valence-corrected chi connectivity index (χ4v) is 7.35. The number of allylic oxidation sites excluding steroid dienone is 2. The molecule has 2 saturated heterocycles. The Morgan fingerprint density at radius 1 is 0.947 bits per heavy atom. The Kier molecular flexibility index (Phi) is 5.76. The third-order valence-corrected chi connectivity index (χ3v) is 9.09. The first-order valence-electron chi connectivity index (χ1n) is 13.1. The van der Waals surface area contributed by atoms with Crippen LogP contribution in [0.2, 0.25) is 0 Å². The highest BCUT2D eigenvalue weighted by Crippen LogP contribution is 2.64. The smallest absolute Gasteiger partial charge is 0.241 e. The van der Waals surface area contributed by atoms with Crippen molar-refractivity contribution >= 4 is 29.3 Å². The number of likely N-dealkylation sites (tertiary alicyclic amines) is 1. The number of anilines is 1. The summed E-state index contributed by atoms with van der Waals surface area (Å²) in [6.45, 7) is 1.76. The van der Waals surface area contributed by atoms with Crippen LogP contribution in [0.5, 0.6) is 5.75 Å². The van der Waals surface area contributed by atoms with E-state index in [1.165, 1.54) is 16.8 Å². The second-order valence-corrected chi connectivity index (χ2v) is 10.8. The molecule has 2 aliphatic heterocycles. The summed E-state index contributed by atoms with van der Waals surface area (Å²) < 4.78 is 5.91. The Hall–Kier alpha value is -3.78. The van der Waals surface area contributed by atoms with E-state index in [1.54, 1.807) is 30.3 Å². The number of carbonyl (C=O) groups excluding carboxylic acids is 4. The Balaban J connectivity index is 1.54. The highest BCUT2D eigenvalue weighted by atomic mass is 16.5. The zero-order valence-electron chi connectivity index (χ0n) is 21.4. The van der Waals surface area contributed by atoms with Gasteiger partial charge in [-0.2, -0.15) is 0 Å². The number of para-hydroxylation sites is 2. The van der Waals surface area contributed by atoms with Crippen molar-refractivity contribution in [2.24, 2.45) is 29.1 Å². The predicted molar refractivity (Wildman–Crippen MR) is 138 cm³/mol. The van der Waals surface area contributed by atoms with E-state index in [0.29, 0.717) is 24.3 Å². The number of nitrogens with zero attached hydrogens (tertiary/aromatic N) is 2. The molecule has 38 heavy (non-hydrogen) atoms. The van der Waals surface area contributed by atoms with E-state index in [-0.39, 0.29) is 42.8 Å². The van der Waals surface area contributed by atoms with Gasteiger partial charge < -0.3 is 9.84 Å². The van der Waals surface area contributed by atoms with Gasteiger partial charge >= 0.3 is 0 Å². The molecule has 0 radical (unpaired) electrons. The minimum absolute atomic E-state index is 0.0812. The van der Waals surface area contributed by atoms with Gasteiger partial charge in [-0.15, -0.1) is 0 Å². The lowest BCUT2D eigenvalue weighted by Crippen LogP contribution is -2.49. The maximum Gasteiger partial charge on any atom is 0.241 e. The van der Waals surface area contributed by atoms with E-state index in [1.807, 2.05) is 37.3 Å². The van der Waals surface area contributed by atoms with Crippen LogP contribution >= 0.6 is 0 Å². The molecule has 6 unspecified atom stereocenters. The van der Waals surface area contributed by atoms with Gasteiger partial charge in [0.15, 0.2) is 0 Å². The summed E-state index contributed by atoms with van der Waals surface area (Å²) in [5.74, 6) is -3.03. The lowest BCUT2D eigenvalue weighted by Gasteiger charge is -2.49. The maximum atomic E-state index is 14.3. The van der Waals surface area contributed by atoms with Crippen LogP contribution in [0.3, 0.4) is 0 Å². The van der Waals surface area contributed by atoms with Crippen molar-refractivity contribution in [3.8, 4) is 5.75 Å². The van der Waals surface area contributed by atoms with Crippen LogP contribution in [0.1, 0.15) is 31.2 Å². The minimum atomic E-state index is -1.13. The Morgan fingerprint density at radius 2 is 1.66 bits per heavy atom. The maximum absolute atomic E-state index is 14.3. The first-order chi connectivity index (χ1) is 18.3. The molecule has 2 heterocycles. The van der Waals surface area contributed by atoms with E-state index in [0.717, 1.165) is 11.1 Å². The number of amides is 4. The molecule has 8 nitrogen and oxygen atoms in total. The van der Waals surface area contributed by atoms with Crippen LogP contribution < -0.4 is 9.64 Å². The average Bonchev–Trinajstić information content (AvgIpc) is 3.27. The molecule has 6 rings (SSSR count). The van der Waals surface area contributed by atoms with Crippen molar-refractivity contribution in [2.45, 2.75) is 25.7 Å². The summed E-state index contributed by atoms with van der Waals surface area (Å²) in [7, 11) is 1.52.